The Morgan fingerprint density at radius 3 is 2.54 bits per heavy atom. The molecule has 1 N–H and O–H groups in total. The van der Waals surface area contributed by atoms with E-state index in [-0.39, 0.29) is 17.2 Å². The van der Waals surface area contributed by atoms with Gasteiger partial charge in [-0.2, -0.15) is 18.2 Å². The van der Waals surface area contributed by atoms with Gasteiger partial charge in [0.2, 0.25) is 6.41 Å². The van der Waals surface area contributed by atoms with Crippen LogP contribution in [0.3, 0.4) is 0 Å². The molecular weight excluding hydrogens is 370 g/mol. The minimum Gasteiger partial charge on any atom is -0.276 e. The molecule has 0 aliphatic rings. The zero-order chi connectivity index (χ0) is 18.9. The van der Waals surface area contributed by atoms with Crippen LogP contribution in [0.25, 0.3) is 11.5 Å². The molecule has 0 aliphatic heterocycles. The van der Waals surface area contributed by atoms with E-state index < -0.39 is 32.5 Å². The van der Waals surface area contributed by atoms with Crippen LogP contribution in [-0.2, 0) is 14.8 Å². The van der Waals surface area contributed by atoms with Crippen LogP contribution in [0, 0.1) is 18.6 Å². The number of rotatable bonds is 5. The Morgan fingerprint density at radius 2 is 1.88 bits per heavy atom. The van der Waals surface area contributed by atoms with Gasteiger partial charge in [-0.25, -0.2) is 23.7 Å². The van der Waals surface area contributed by atoms with Gasteiger partial charge in [0.1, 0.15) is 29.3 Å². The van der Waals surface area contributed by atoms with E-state index >= 15 is 0 Å². The standard InChI is InChI=1S/C14H10F2N6O3S/c1-8-5-11(13-17-6-18-22(13)7-23)20-14(19-8)26(24,25)21-12-9(15)3-2-4-10(12)16/h2-7,21H,1H3. The largest absolute Gasteiger partial charge is 0.297 e. The van der Waals surface area contributed by atoms with Crippen molar-refractivity contribution in [2.75, 3.05) is 4.72 Å². The number of para-hydroxylation sites is 1. The van der Waals surface area contributed by atoms with Gasteiger partial charge < -0.3 is 0 Å². The predicted molar refractivity (Wildman–Crippen MR) is 85.1 cm³/mol. The smallest absolute Gasteiger partial charge is 0.276 e. The molecule has 3 rings (SSSR count). The third-order valence-corrected chi connectivity index (χ3v) is 4.31. The number of nitrogens with one attached hydrogen (secondary N) is 1. The van der Waals surface area contributed by atoms with Crippen molar-refractivity contribution in [2.24, 2.45) is 0 Å². The summed E-state index contributed by atoms with van der Waals surface area (Å²) >= 11 is 0. The Balaban J connectivity index is 2.07. The Labute approximate surface area is 145 Å². The van der Waals surface area contributed by atoms with E-state index in [9.17, 15) is 22.0 Å². The van der Waals surface area contributed by atoms with Crippen LogP contribution in [0.1, 0.15) is 5.69 Å². The minimum atomic E-state index is -4.51. The highest BCUT2D eigenvalue weighted by Crippen LogP contribution is 2.22. The number of carbonyl (C=O) groups excluding carboxylic acids is 1. The van der Waals surface area contributed by atoms with E-state index in [1.54, 1.807) is 4.72 Å². The highest BCUT2D eigenvalue weighted by Gasteiger charge is 2.24. The second-order valence-corrected chi connectivity index (χ2v) is 6.59. The molecule has 1 aromatic carbocycles. The lowest BCUT2D eigenvalue weighted by Gasteiger charge is -2.10. The molecule has 0 spiro atoms. The highest BCUT2D eigenvalue weighted by atomic mass is 32.2. The maximum Gasteiger partial charge on any atom is 0.297 e. The Bertz CT molecular complexity index is 1080. The Hall–Kier alpha value is -3.28. The average Bonchev–Trinajstić information content (AvgIpc) is 3.06. The van der Waals surface area contributed by atoms with Crippen LogP contribution in [0.15, 0.2) is 35.7 Å². The van der Waals surface area contributed by atoms with Gasteiger partial charge in [-0.15, -0.1) is 0 Å². The molecule has 9 nitrogen and oxygen atoms in total. The van der Waals surface area contributed by atoms with E-state index in [1.807, 2.05) is 0 Å². The van der Waals surface area contributed by atoms with Crippen LogP contribution >= 0.6 is 0 Å². The second kappa shape index (κ2) is 6.55. The fraction of sp³-hybridized carbons (Fsp3) is 0.0714. The quantitative estimate of drug-likeness (QED) is 0.521. The highest BCUT2D eigenvalue weighted by molar-refractivity contribution is 7.92. The number of hydrogen-bond acceptors (Lipinski definition) is 7. The van der Waals surface area contributed by atoms with Gasteiger partial charge in [0, 0.05) is 5.69 Å². The zero-order valence-electron chi connectivity index (χ0n) is 13.1. The molecule has 0 saturated carbocycles. The second-order valence-electron chi connectivity index (χ2n) is 5.01. The van der Waals surface area contributed by atoms with E-state index in [0.717, 1.165) is 29.2 Å². The zero-order valence-corrected chi connectivity index (χ0v) is 13.9. The summed E-state index contributed by atoms with van der Waals surface area (Å²) in [7, 11) is -4.51. The number of halogens is 2. The van der Waals surface area contributed by atoms with Crippen molar-refractivity contribution in [3.63, 3.8) is 0 Å². The SMILES string of the molecule is Cc1cc(-c2ncnn2C=O)nc(S(=O)(=O)Nc2c(F)cccc2F)n1. The lowest BCUT2D eigenvalue weighted by molar-refractivity contribution is 0.541. The number of sulfonamides is 1. The average molecular weight is 380 g/mol. The fourth-order valence-corrected chi connectivity index (χ4v) is 3.10. The van der Waals surface area contributed by atoms with Crippen LogP contribution in [0.4, 0.5) is 14.5 Å². The van der Waals surface area contributed by atoms with Gasteiger partial charge in [0.25, 0.3) is 15.2 Å². The number of aromatic nitrogens is 5. The molecule has 0 radical (unpaired) electrons. The third-order valence-electron chi connectivity index (χ3n) is 3.18. The minimum absolute atomic E-state index is 0.00326. The van der Waals surface area contributed by atoms with Crippen LogP contribution in [-0.4, -0.2) is 39.6 Å². The molecule has 0 unspecified atom stereocenters. The molecule has 0 aliphatic carbocycles. The maximum absolute atomic E-state index is 13.7. The molecule has 12 heteroatoms. The van der Waals surface area contributed by atoms with Crippen molar-refractivity contribution in [1.82, 2.24) is 24.7 Å². The number of benzene rings is 1. The van der Waals surface area contributed by atoms with Crippen molar-refractivity contribution < 1.29 is 22.0 Å². The lowest BCUT2D eigenvalue weighted by Crippen LogP contribution is -2.19. The van der Waals surface area contributed by atoms with Crippen molar-refractivity contribution in [3.8, 4) is 11.5 Å². The predicted octanol–water partition coefficient (Wildman–Crippen LogP) is 1.16. The van der Waals surface area contributed by atoms with Gasteiger partial charge in [0.05, 0.1) is 0 Å². The van der Waals surface area contributed by atoms with Crippen LogP contribution in [0.2, 0.25) is 0 Å². The molecular formula is C14H10F2N6O3S. The van der Waals surface area contributed by atoms with E-state index in [0.29, 0.717) is 6.41 Å². The summed E-state index contributed by atoms with van der Waals surface area (Å²) in [5, 5.41) is 2.90. The number of anilines is 1. The molecule has 0 saturated heterocycles. The first-order chi connectivity index (χ1) is 12.3. The molecule has 0 amide bonds. The van der Waals surface area contributed by atoms with Crippen LogP contribution in [0.5, 0.6) is 0 Å². The lowest BCUT2D eigenvalue weighted by atomic mass is 10.3. The Morgan fingerprint density at radius 1 is 1.19 bits per heavy atom. The number of aryl methyl sites for hydroxylation is 1. The van der Waals surface area contributed by atoms with E-state index in [2.05, 4.69) is 20.1 Å². The fourth-order valence-electron chi connectivity index (χ4n) is 2.06. The Kier molecular flexibility index (Phi) is 4.42. The van der Waals surface area contributed by atoms with Crippen molar-refractivity contribution in [2.45, 2.75) is 12.1 Å². The van der Waals surface area contributed by atoms with Gasteiger partial charge >= 0.3 is 0 Å². The third kappa shape index (κ3) is 3.26. The summed E-state index contributed by atoms with van der Waals surface area (Å²) in [5.41, 5.74) is -0.628. The van der Waals surface area contributed by atoms with Gasteiger partial charge in [-0.1, -0.05) is 6.07 Å². The van der Waals surface area contributed by atoms with Gasteiger partial charge in [0.15, 0.2) is 5.82 Å². The molecule has 0 atom stereocenters. The van der Waals surface area contributed by atoms with Crippen molar-refractivity contribution in [3.05, 3.63) is 47.9 Å². The van der Waals surface area contributed by atoms with Crippen molar-refractivity contribution in [1.29, 1.82) is 0 Å². The van der Waals surface area contributed by atoms with Gasteiger partial charge in [-0.05, 0) is 25.1 Å². The van der Waals surface area contributed by atoms with E-state index in [1.165, 1.54) is 13.0 Å². The van der Waals surface area contributed by atoms with Crippen molar-refractivity contribution >= 4 is 22.1 Å². The maximum atomic E-state index is 13.7. The molecule has 3 aromatic rings. The first-order valence-corrected chi connectivity index (χ1v) is 8.48. The first-order valence-electron chi connectivity index (χ1n) is 6.99. The van der Waals surface area contributed by atoms with Gasteiger partial charge in [-0.3, -0.25) is 9.52 Å². The molecule has 2 aromatic heterocycles. The molecule has 134 valence electrons. The monoisotopic (exact) mass is 380 g/mol. The first kappa shape index (κ1) is 17.5. The summed E-state index contributed by atoms with van der Waals surface area (Å²) in [6, 6.07) is 4.27. The summed E-state index contributed by atoms with van der Waals surface area (Å²) in [4.78, 5) is 22.4. The topological polar surface area (TPSA) is 120 Å². The number of hydrogen-bond donors (Lipinski definition) is 1. The molecule has 0 bridgehead atoms. The number of nitrogens with zero attached hydrogens (tertiary/aromatic N) is 5. The molecule has 2 heterocycles. The summed E-state index contributed by atoms with van der Waals surface area (Å²) in [5.74, 6) is -2.21. The summed E-state index contributed by atoms with van der Waals surface area (Å²) in [6.07, 6.45) is 1.45. The van der Waals surface area contributed by atoms with E-state index in [4.69, 9.17) is 0 Å². The molecule has 26 heavy (non-hydrogen) atoms. The summed E-state index contributed by atoms with van der Waals surface area (Å²) < 4.78 is 55.0. The van der Waals surface area contributed by atoms with Crippen LogP contribution < -0.4 is 4.72 Å². The summed E-state index contributed by atoms with van der Waals surface area (Å²) in [6.45, 7) is 1.48. The normalized spacial score (nSPS) is 11.3. The number of carbonyl (C=O) groups is 1. The molecule has 0 fully saturated rings.